The molecule has 1 heterocycles. The van der Waals surface area contributed by atoms with E-state index in [4.69, 9.17) is 11.5 Å². The fourth-order valence-electron chi connectivity index (χ4n) is 3.36. The molecule has 0 bridgehead atoms. The average Bonchev–Trinajstić information content (AvgIpc) is 3.39. The summed E-state index contributed by atoms with van der Waals surface area (Å²) in [5, 5.41) is 26.4. The van der Waals surface area contributed by atoms with Crippen LogP contribution in [0.1, 0.15) is 24.1 Å². The van der Waals surface area contributed by atoms with Crippen molar-refractivity contribution in [1.29, 1.82) is 0 Å². The Bertz CT molecular complexity index is 1110. The number of hydrogen-bond donors (Lipinski definition) is 9. The fourth-order valence-corrected chi connectivity index (χ4v) is 3.52. The molecule has 0 aliphatic heterocycles. The summed E-state index contributed by atoms with van der Waals surface area (Å²) < 4.78 is 0. The van der Waals surface area contributed by atoms with Gasteiger partial charge >= 0.3 is 5.97 Å². The lowest BCUT2D eigenvalue weighted by molar-refractivity contribution is -0.142. The number of carboxylic acids is 1. The predicted octanol–water partition coefficient (Wildman–Crippen LogP) is -2.04. The summed E-state index contributed by atoms with van der Waals surface area (Å²) in [4.78, 5) is 68.4. The average molecular weight is 550 g/mol. The number of hydrogen-bond acceptors (Lipinski definition) is 9. The maximum absolute atomic E-state index is 13.2. The van der Waals surface area contributed by atoms with Crippen molar-refractivity contribution in [1.82, 2.24) is 25.9 Å². The number of imidazole rings is 1. The van der Waals surface area contributed by atoms with Gasteiger partial charge in [0.1, 0.15) is 23.9 Å². The summed E-state index contributed by atoms with van der Waals surface area (Å²) in [6, 6.07) is 0.833. The van der Waals surface area contributed by atoms with Gasteiger partial charge in [0.15, 0.2) is 0 Å². The Morgan fingerprint density at radius 3 is 2.11 bits per heavy atom. The number of aromatic amines is 1. The highest BCUT2D eigenvalue weighted by atomic mass is 32.1. The lowest BCUT2D eigenvalue weighted by atomic mass is 10.0. The van der Waals surface area contributed by atoms with Crippen molar-refractivity contribution >= 4 is 42.2 Å². The number of primary amides is 1. The number of aromatic hydroxyl groups is 1. The van der Waals surface area contributed by atoms with Gasteiger partial charge in [-0.05, 0) is 24.1 Å². The van der Waals surface area contributed by atoms with Crippen molar-refractivity contribution in [3.05, 3.63) is 48.0 Å². The van der Waals surface area contributed by atoms with Crippen LogP contribution in [0.15, 0.2) is 36.8 Å². The Morgan fingerprint density at radius 1 is 0.947 bits per heavy atom. The zero-order chi connectivity index (χ0) is 28.2. The van der Waals surface area contributed by atoms with Gasteiger partial charge < -0.3 is 42.6 Å². The van der Waals surface area contributed by atoms with Crippen LogP contribution in [-0.4, -0.2) is 79.7 Å². The number of carboxylic acid groups (broad SMARTS) is 1. The molecular weight excluding hydrogens is 518 g/mol. The number of thiol groups is 1. The number of nitrogens with two attached hydrogens (primary N) is 2. The molecule has 4 amide bonds. The van der Waals surface area contributed by atoms with Crippen molar-refractivity contribution in [2.45, 2.75) is 49.9 Å². The molecule has 0 saturated heterocycles. The molecule has 1 aromatic carbocycles. The first-order valence-electron chi connectivity index (χ1n) is 11.5. The zero-order valence-corrected chi connectivity index (χ0v) is 21.2. The number of benzene rings is 1. The van der Waals surface area contributed by atoms with Gasteiger partial charge in [-0.2, -0.15) is 12.6 Å². The van der Waals surface area contributed by atoms with Gasteiger partial charge in [0.2, 0.25) is 23.6 Å². The maximum Gasteiger partial charge on any atom is 0.326 e. The molecule has 0 aliphatic carbocycles. The highest BCUT2D eigenvalue weighted by Crippen LogP contribution is 2.12. The Kier molecular flexibility index (Phi) is 11.6. The van der Waals surface area contributed by atoms with E-state index in [1.807, 2.05) is 0 Å². The number of carbonyl (C=O) groups is 5. The summed E-state index contributed by atoms with van der Waals surface area (Å²) in [5.74, 6) is -4.37. The monoisotopic (exact) mass is 549 g/mol. The predicted molar refractivity (Wildman–Crippen MR) is 138 cm³/mol. The molecule has 38 heavy (non-hydrogen) atoms. The van der Waals surface area contributed by atoms with Gasteiger partial charge in [0.05, 0.1) is 12.4 Å². The van der Waals surface area contributed by atoms with E-state index < -0.39 is 53.8 Å². The maximum atomic E-state index is 13.2. The first-order chi connectivity index (χ1) is 18.0. The lowest BCUT2D eigenvalue weighted by Crippen LogP contribution is -2.58. The number of nitrogens with one attached hydrogen (secondary N) is 4. The molecule has 2 aromatic rings. The number of carbonyl (C=O) groups excluding carboxylic acids is 4. The molecule has 15 heteroatoms. The Morgan fingerprint density at radius 2 is 1.55 bits per heavy atom. The van der Waals surface area contributed by atoms with Crippen LogP contribution < -0.4 is 27.4 Å². The number of aromatic nitrogens is 2. The van der Waals surface area contributed by atoms with E-state index in [2.05, 4.69) is 38.5 Å². The molecule has 10 N–H and O–H groups in total. The van der Waals surface area contributed by atoms with E-state index in [-0.39, 0.29) is 37.2 Å². The zero-order valence-electron chi connectivity index (χ0n) is 20.3. The summed E-state index contributed by atoms with van der Waals surface area (Å²) >= 11 is 3.98. The highest BCUT2D eigenvalue weighted by Gasteiger charge is 2.31. The molecule has 14 nitrogen and oxygen atoms in total. The van der Waals surface area contributed by atoms with Crippen molar-refractivity contribution in [3.8, 4) is 5.75 Å². The lowest BCUT2D eigenvalue weighted by Gasteiger charge is -2.25. The number of amides is 4. The molecule has 1 aromatic heterocycles. The second kappa shape index (κ2) is 14.6. The molecule has 4 atom stereocenters. The van der Waals surface area contributed by atoms with Gasteiger partial charge in [-0.15, -0.1) is 0 Å². The second-order valence-corrected chi connectivity index (χ2v) is 8.83. The summed E-state index contributed by atoms with van der Waals surface area (Å²) in [6.07, 6.45) is 2.19. The Labute approximate surface area is 223 Å². The highest BCUT2D eigenvalue weighted by molar-refractivity contribution is 7.80. The van der Waals surface area contributed by atoms with Crippen LogP contribution in [0.4, 0.5) is 0 Å². The number of nitrogens with zero attached hydrogens (tertiary/aromatic N) is 1. The van der Waals surface area contributed by atoms with Gasteiger partial charge in [0.25, 0.3) is 0 Å². The van der Waals surface area contributed by atoms with Crippen LogP contribution in [0, 0.1) is 0 Å². The van der Waals surface area contributed by atoms with Gasteiger partial charge in [-0.25, -0.2) is 9.78 Å². The van der Waals surface area contributed by atoms with Crippen LogP contribution in [0.25, 0.3) is 0 Å². The third-order valence-electron chi connectivity index (χ3n) is 5.45. The molecule has 0 saturated carbocycles. The van der Waals surface area contributed by atoms with E-state index in [0.717, 1.165) is 0 Å². The largest absolute Gasteiger partial charge is 0.508 e. The molecule has 0 radical (unpaired) electrons. The third kappa shape index (κ3) is 9.74. The topological polar surface area (TPSA) is 243 Å². The standard InChI is InChI=1S/C23H31N7O7S/c24-15(10-38)20(33)29-17(8-13-9-26-11-27-13)22(35)28-16(5-6-19(25)32)21(34)30-18(23(36)37)7-12-1-3-14(31)4-2-12/h1-4,9,11,15-18,31,38H,5-8,10,24H2,(H2,25,32)(H,26,27)(H,28,35)(H,29,33)(H,30,34)(H,36,37). The van der Waals surface area contributed by atoms with E-state index in [0.29, 0.717) is 11.3 Å². The molecule has 206 valence electrons. The van der Waals surface area contributed by atoms with E-state index in [9.17, 15) is 34.2 Å². The van der Waals surface area contributed by atoms with Crippen LogP contribution in [0.5, 0.6) is 5.75 Å². The van der Waals surface area contributed by atoms with Gasteiger partial charge in [0, 0.05) is 36.9 Å². The third-order valence-corrected chi connectivity index (χ3v) is 5.84. The second-order valence-electron chi connectivity index (χ2n) is 8.47. The fraction of sp³-hybridized carbons (Fsp3) is 0.391. The molecule has 0 fully saturated rings. The van der Waals surface area contributed by atoms with Crippen molar-refractivity contribution < 1.29 is 34.2 Å². The normalized spacial score (nSPS) is 13.9. The molecular formula is C23H31N7O7S. The van der Waals surface area contributed by atoms with Gasteiger partial charge in [-0.3, -0.25) is 19.2 Å². The van der Waals surface area contributed by atoms with Crippen molar-refractivity contribution in [2.24, 2.45) is 11.5 Å². The summed E-state index contributed by atoms with van der Waals surface area (Å²) in [7, 11) is 0. The number of aliphatic carboxylic acids is 1. The van der Waals surface area contributed by atoms with E-state index in [1.165, 1.54) is 36.8 Å². The van der Waals surface area contributed by atoms with Crippen molar-refractivity contribution in [3.63, 3.8) is 0 Å². The number of phenolic OH excluding ortho intramolecular Hbond substituents is 1. The SMILES string of the molecule is NC(=O)CCC(NC(=O)C(Cc1cnc[nH]1)NC(=O)C(N)CS)C(=O)NC(Cc1ccc(O)cc1)C(=O)O. The summed E-state index contributed by atoms with van der Waals surface area (Å²) in [5.41, 5.74) is 11.9. The van der Waals surface area contributed by atoms with Crippen LogP contribution in [-0.2, 0) is 36.8 Å². The molecule has 4 unspecified atom stereocenters. The first-order valence-corrected chi connectivity index (χ1v) is 12.2. The number of rotatable bonds is 15. The Balaban J connectivity index is 2.20. The first kappa shape index (κ1) is 30.1. The Hall–Kier alpha value is -4.11. The summed E-state index contributed by atoms with van der Waals surface area (Å²) in [6.45, 7) is 0. The minimum absolute atomic E-state index is 0.00834. The van der Waals surface area contributed by atoms with Crippen LogP contribution >= 0.6 is 12.6 Å². The quantitative estimate of drug-likeness (QED) is 0.111. The molecule has 0 aliphatic rings. The smallest absolute Gasteiger partial charge is 0.326 e. The molecule has 0 spiro atoms. The minimum Gasteiger partial charge on any atom is -0.508 e. The van der Waals surface area contributed by atoms with Crippen LogP contribution in [0.3, 0.4) is 0 Å². The number of H-pyrrole nitrogens is 1. The van der Waals surface area contributed by atoms with E-state index >= 15 is 0 Å². The van der Waals surface area contributed by atoms with Gasteiger partial charge in [-0.1, -0.05) is 12.1 Å². The van der Waals surface area contributed by atoms with Crippen LogP contribution in [0.2, 0.25) is 0 Å². The van der Waals surface area contributed by atoms with E-state index in [1.54, 1.807) is 0 Å². The van der Waals surface area contributed by atoms with Crippen molar-refractivity contribution in [2.75, 3.05) is 5.75 Å². The number of phenols is 1. The minimum atomic E-state index is -1.38. The molecule has 2 rings (SSSR count).